The molecule has 0 bridgehead atoms. The maximum atomic E-state index is 13.6. The topological polar surface area (TPSA) is 38.7 Å². The zero-order chi connectivity index (χ0) is 14.5. The molecule has 0 saturated heterocycles. The maximum absolute atomic E-state index is 13.6. The Balaban J connectivity index is 2.11. The van der Waals surface area contributed by atoms with Crippen LogP contribution in [0.5, 0.6) is 11.5 Å². The van der Waals surface area contributed by atoms with Crippen LogP contribution in [-0.2, 0) is 6.61 Å². The number of benzene rings is 2. The van der Waals surface area contributed by atoms with Crippen LogP contribution in [0.3, 0.4) is 0 Å². The van der Waals surface area contributed by atoms with E-state index in [1.807, 2.05) is 12.1 Å². The van der Waals surface area contributed by atoms with Crippen LogP contribution in [0.2, 0.25) is 0 Å². The Labute approximate surface area is 117 Å². The summed E-state index contributed by atoms with van der Waals surface area (Å²) in [5.41, 5.74) is 1.41. The lowest BCUT2D eigenvalue weighted by molar-refractivity contribution is 0.190. The number of aliphatic hydroxyl groups is 1. The number of aliphatic hydroxyl groups excluding tert-OH is 1. The van der Waals surface area contributed by atoms with E-state index in [-0.39, 0.29) is 12.4 Å². The number of hydrogen-bond acceptors (Lipinski definition) is 3. The Morgan fingerprint density at radius 2 is 1.90 bits per heavy atom. The lowest BCUT2D eigenvalue weighted by atomic mass is 10.1. The van der Waals surface area contributed by atoms with Gasteiger partial charge in [0.1, 0.15) is 12.4 Å². The minimum absolute atomic E-state index is 0.207. The molecule has 2 aromatic carbocycles. The van der Waals surface area contributed by atoms with Crippen LogP contribution in [0, 0.1) is 5.82 Å². The molecule has 0 spiro atoms. The highest BCUT2D eigenvalue weighted by Crippen LogP contribution is 2.26. The summed E-state index contributed by atoms with van der Waals surface area (Å²) in [5, 5.41) is 9.66. The Hall–Kier alpha value is -2.07. The lowest BCUT2D eigenvalue weighted by Crippen LogP contribution is -2.01. The normalized spacial score (nSPS) is 12.0. The fourth-order valence-electron chi connectivity index (χ4n) is 1.92. The summed E-state index contributed by atoms with van der Waals surface area (Å²) in [4.78, 5) is 0. The maximum Gasteiger partial charge on any atom is 0.165 e. The van der Waals surface area contributed by atoms with Crippen LogP contribution >= 0.6 is 0 Å². The van der Waals surface area contributed by atoms with Crippen molar-refractivity contribution in [1.29, 1.82) is 0 Å². The van der Waals surface area contributed by atoms with E-state index in [1.54, 1.807) is 31.2 Å². The largest absolute Gasteiger partial charge is 0.494 e. The molecule has 3 nitrogen and oxygen atoms in total. The van der Waals surface area contributed by atoms with Crippen molar-refractivity contribution >= 4 is 0 Å². The van der Waals surface area contributed by atoms with Gasteiger partial charge in [-0.05, 0) is 30.7 Å². The number of methoxy groups -OCH3 is 1. The van der Waals surface area contributed by atoms with E-state index >= 15 is 0 Å². The average molecular weight is 276 g/mol. The molecule has 4 heteroatoms. The van der Waals surface area contributed by atoms with Crippen LogP contribution < -0.4 is 9.47 Å². The zero-order valence-corrected chi connectivity index (χ0v) is 11.5. The summed E-state index contributed by atoms with van der Waals surface area (Å²) in [7, 11) is 1.42. The fourth-order valence-corrected chi connectivity index (χ4v) is 1.92. The fraction of sp³-hybridized carbons (Fsp3) is 0.250. The quantitative estimate of drug-likeness (QED) is 0.908. The van der Waals surface area contributed by atoms with Crippen molar-refractivity contribution < 1.29 is 19.0 Å². The number of rotatable bonds is 5. The van der Waals surface area contributed by atoms with Gasteiger partial charge in [-0.15, -0.1) is 0 Å². The average Bonchev–Trinajstić information content (AvgIpc) is 2.45. The minimum atomic E-state index is -0.612. The third-order valence-corrected chi connectivity index (χ3v) is 2.98. The Morgan fingerprint density at radius 1 is 1.15 bits per heavy atom. The van der Waals surface area contributed by atoms with Crippen LogP contribution in [0.4, 0.5) is 4.39 Å². The van der Waals surface area contributed by atoms with Crippen LogP contribution in [-0.4, -0.2) is 12.2 Å². The molecule has 0 unspecified atom stereocenters. The highest BCUT2D eigenvalue weighted by atomic mass is 19.1. The van der Waals surface area contributed by atoms with Crippen molar-refractivity contribution in [3.63, 3.8) is 0 Å². The smallest absolute Gasteiger partial charge is 0.165 e. The number of ether oxygens (including phenoxy) is 2. The second-order valence-electron chi connectivity index (χ2n) is 4.47. The Morgan fingerprint density at radius 3 is 2.55 bits per heavy atom. The first-order valence-corrected chi connectivity index (χ1v) is 6.34. The number of hydrogen-bond donors (Lipinski definition) is 1. The third-order valence-electron chi connectivity index (χ3n) is 2.98. The molecule has 1 N–H and O–H groups in total. The summed E-state index contributed by atoms with van der Waals surface area (Å²) < 4.78 is 24.1. The van der Waals surface area contributed by atoms with Gasteiger partial charge in [0.15, 0.2) is 11.6 Å². The second-order valence-corrected chi connectivity index (χ2v) is 4.47. The standard InChI is InChI=1S/C16H17FO3/c1-11(18)13-5-3-4-6-15(13)20-10-12-7-8-16(19-2)14(17)9-12/h3-9,11,18H,10H2,1-2H3/t11-/m0/s1. The molecule has 0 saturated carbocycles. The SMILES string of the molecule is COc1ccc(COc2ccccc2[C@H](C)O)cc1F. The molecule has 2 aromatic rings. The van der Waals surface area contributed by atoms with Gasteiger partial charge < -0.3 is 14.6 Å². The van der Waals surface area contributed by atoms with E-state index < -0.39 is 11.9 Å². The summed E-state index contributed by atoms with van der Waals surface area (Å²) in [6.07, 6.45) is -0.612. The van der Waals surface area contributed by atoms with Crippen molar-refractivity contribution in [3.8, 4) is 11.5 Å². The molecule has 20 heavy (non-hydrogen) atoms. The van der Waals surface area contributed by atoms with Crippen LogP contribution in [0.15, 0.2) is 42.5 Å². The summed E-state index contributed by atoms with van der Waals surface area (Å²) in [5.74, 6) is 0.384. The van der Waals surface area contributed by atoms with E-state index in [9.17, 15) is 9.50 Å². The summed E-state index contributed by atoms with van der Waals surface area (Å²) in [6, 6.07) is 11.9. The van der Waals surface area contributed by atoms with Crippen molar-refractivity contribution in [3.05, 3.63) is 59.4 Å². The molecular formula is C16H17FO3. The van der Waals surface area contributed by atoms with E-state index in [0.717, 1.165) is 0 Å². The summed E-state index contributed by atoms with van der Waals surface area (Å²) >= 11 is 0. The van der Waals surface area contributed by atoms with Gasteiger partial charge >= 0.3 is 0 Å². The molecule has 0 heterocycles. The van der Waals surface area contributed by atoms with Gasteiger partial charge in [0.05, 0.1) is 13.2 Å². The second kappa shape index (κ2) is 6.39. The van der Waals surface area contributed by atoms with E-state index in [2.05, 4.69) is 0 Å². The van der Waals surface area contributed by atoms with Gasteiger partial charge in [-0.3, -0.25) is 0 Å². The molecule has 0 aliphatic heterocycles. The monoisotopic (exact) mass is 276 g/mol. The number of halogens is 1. The predicted octanol–water partition coefficient (Wildman–Crippen LogP) is 3.47. The lowest BCUT2D eigenvalue weighted by Gasteiger charge is -2.13. The van der Waals surface area contributed by atoms with Gasteiger partial charge in [0, 0.05) is 5.56 Å². The molecule has 0 amide bonds. The molecule has 0 aliphatic carbocycles. The van der Waals surface area contributed by atoms with Gasteiger partial charge in [0.2, 0.25) is 0 Å². The number of para-hydroxylation sites is 1. The highest BCUT2D eigenvalue weighted by molar-refractivity contribution is 5.35. The van der Waals surface area contributed by atoms with Crippen molar-refractivity contribution in [2.24, 2.45) is 0 Å². The first kappa shape index (κ1) is 14.3. The highest BCUT2D eigenvalue weighted by Gasteiger charge is 2.09. The van der Waals surface area contributed by atoms with E-state index in [4.69, 9.17) is 9.47 Å². The van der Waals surface area contributed by atoms with Gasteiger partial charge in [-0.25, -0.2) is 4.39 Å². The van der Waals surface area contributed by atoms with Gasteiger partial charge in [-0.2, -0.15) is 0 Å². The molecule has 1 atom stereocenters. The molecule has 0 aromatic heterocycles. The summed E-state index contributed by atoms with van der Waals surface area (Å²) in [6.45, 7) is 1.90. The molecule has 106 valence electrons. The molecule has 2 rings (SSSR count). The third kappa shape index (κ3) is 3.27. The minimum Gasteiger partial charge on any atom is -0.494 e. The van der Waals surface area contributed by atoms with Crippen molar-refractivity contribution in [2.75, 3.05) is 7.11 Å². The van der Waals surface area contributed by atoms with Gasteiger partial charge in [-0.1, -0.05) is 24.3 Å². The Kier molecular flexibility index (Phi) is 4.58. The molecule has 0 aliphatic rings. The molecule has 0 radical (unpaired) electrons. The van der Waals surface area contributed by atoms with Crippen molar-refractivity contribution in [2.45, 2.75) is 19.6 Å². The van der Waals surface area contributed by atoms with Crippen LogP contribution in [0.25, 0.3) is 0 Å². The van der Waals surface area contributed by atoms with Crippen LogP contribution in [0.1, 0.15) is 24.2 Å². The predicted molar refractivity (Wildman–Crippen MR) is 74.4 cm³/mol. The van der Waals surface area contributed by atoms with E-state index in [0.29, 0.717) is 16.9 Å². The van der Waals surface area contributed by atoms with E-state index in [1.165, 1.54) is 13.2 Å². The van der Waals surface area contributed by atoms with Gasteiger partial charge in [0.25, 0.3) is 0 Å². The first-order chi connectivity index (χ1) is 9.61. The zero-order valence-electron chi connectivity index (χ0n) is 11.5. The molecule has 0 fully saturated rings. The first-order valence-electron chi connectivity index (χ1n) is 6.34. The van der Waals surface area contributed by atoms with Crippen molar-refractivity contribution in [1.82, 2.24) is 0 Å². The Bertz CT molecular complexity index is 582. The molecular weight excluding hydrogens is 259 g/mol.